The number of H-pyrrole nitrogens is 2. The van der Waals surface area contributed by atoms with Crippen LogP contribution in [0.5, 0.6) is 0 Å². The average Bonchev–Trinajstić information content (AvgIpc) is 3.33. The van der Waals surface area contributed by atoms with Gasteiger partial charge in [-0.1, -0.05) is 0 Å². The van der Waals surface area contributed by atoms with Gasteiger partial charge in [-0.2, -0.15) is 0 Å². The molecule has 2 amide bonds. The molecule has 1 aliphatic rings. The molecule has 2 aromatic heterocycles. The summed E-state index contributed by atoms with van der Waals surface area (Å²) in [7, 11) is 0. The second-order valence-corrected chi connectivity index (χ2v) is 8.98. The van der Waals surface area contributed by atoms with Crippen molar-refractivity contribution in [3.05, 3.63) is 58.3 Å². The smallest absolute Gasteiger partial charge is 0.268 e. The lowest BCUT2D eigenvalue weighted by Gasteiger charge is -2.37. The highest BCUT2D eigenvalue weighted by molar-refractivity contribution is 6.04. The molecule has 0 spiro atoms. The second kappa shape index (κ2) is 9.42. The molecule has 5 N–H and O–H groups in total. The van der Waals surface area contributed by atoms with Crippen molar-refractivity contribution in [3.8, 4) is 0 Å². The van der Waals surface area contributed by atoms with Crippen molar-refractivity contribution in [2.24, 2.45) is 0 Å². The van der Waals surface area contributed by atoms with Crippen molar-refractivity contribution in [3.63, 3.8) is 0 Å². The average molecular weight is 468 g/mol. The predicted octanol–water partition coefficient (Wildman–Crippen LogP) is 2.67. The lowest BCUT2D eigenvalue weighted by molar-refractivity contribution is -0.128. The van der Waals surface area contributed by atoms with Crippen LogP contribution in [0.25, 0.3) is 10.9 Å². The highest BCUT2D eigenvalue weighted by Crippen LogP contribution is 2.23. The highest BCUT2D eigenvalue weighted by atomic mass is 19.1. The van der Waals surface area contributed by atoms with Crippen molar-refractivity contribution >= 4 is 28.5 Å². The molecule has 0 bridgehead atoms. The minimum atomic E-state index is -1.06. The van der Waals surface area contributed by atoms with Crippen LogP contribution in [0.15, 0.2) is 24.4 Å². The van der Waals surface area contributed by atoms with E-state index < -0.39 is 11.4 Å². The van der Waals surface area contributed by atoms with Crippen LogP contribution < -0.4 is 16.0 Å². The third kappa shape index (κ3) is 4.48. The number of hydrogen-bond acceptors (Lipinski definition) is 4. The van der Waals surface area contributed by atoms with Crippen LogP contribution in [0.1, 0.15) is 57.4 Å². The Morgan fingerprint density at radius 2 is 1.88 bits per heavy atom. The number of rotatable bonds is 7. The van der Waals surface area contributed by atoms with Crippen LogP contribution >= 0.6 is 0 Å². The van der Waals surface area contributed by atoms with E-state index in [1.54, 1.807) is 19.9 Å². The quantitative estimate of drug-likeness (QED) is 0.343. The number of carbonyl (C=O) groups excluding carboxylic acids is 3. The number of halogens is 1. The molecule has 4 rings (SSSR count). The number of amides is 2. The maximum Gasteiger partial charge on any atom is 0.268 e. The molecule has 0 saturated carbocycles. The lowest BCUT2D eigenvalue weighted by atomic mass is 9.86. The molecule has 3 heterocycles. The number of piperidine rings is 1. The molecule has 1 aliphatic heterocycles. The van der Waals surface area contributed by atoms with E-state index in [9.17, 15) is 18.8 Å². The Balaban J connectivity index is 1.48. The van der Waals surface area contributed by atoms with Gasteiger partial charge in [-0.3, -0.25) is 14.4 Å². The first-order chi connectivity index (χ1) is 16.2. The first-order valence-electron chi connectivity index (χ1n) is 11.5. The van der Waals surface area contributed by atoms with Crippen LogP contribution in [-0.4, -0.2) is 52.7 Å². The molecular weight excluding hydrogens is 437 g/mol. The molecule has 8 nitrogen and oxygen atoms in total. The Labute approximate surface area is 197 Å². The van der Waals surface area contributed by atoms with Gasteiger partial charge in [-0.15, -0.1) is 0 Å². The van der Waals surface area contributed by atoms with Crippen molar-refractivity contribution in [1.29, 1.82) is 0 Å². The van der Waals surface area contributed by atoms with Gasteiger partial charge in [0.2, 0.25) is 5.91 Å². The Morgan fingerprint density at radius 3 is 2.56 bits per heavy atom. The van der Waals surface area contributed by atoms with E-state index in [0.29, 0.717) is 61.4 Å². The number of hydrogen-bond donors (Lipinski definition) is 5. The van der Waals surface area contributed by atoms with E-state index in [2.05, 4.69) is 25.9 Å². The fourth-order valence-corrected chi connectivity index (χ4v) is 4.88. The van der Waals surface area contributed by atoms with Crippen LogP contribution in [0.3, 0.4) is 0 Å². The molecule has 0 unspecified atom stereocenters. The number of fused-ring (bicyclic) bond motifs is 1. The van der Waals surface area contributed by atoms with Gasteiger partial charge >= 0.3 is 0 Å². The van der Waals surface area contributed by atoms with Crippen molar-refractivity contribution in [2.75, 3.05) is 19.6 Å². The molecule has 1 saturated heterocycles. The molecular formula is C25H30FN5O3. The first-order valence-corrected chi connectivity index (χ1v) is 11.5. The zero-order valence-corrected chi connectivity index (χ0v) is 19.7. The number of carbonyl (C=O) groups is 3. The molecule has 1 aromatic carbocycles. The fraction of sp³-hybridized carbons (Fsp3) is 0.400. The summed E-state index contributed by atoms with van der Waals surface area (Å²) in [6.45, 7) is 6.49. The van der Waals surface area contributed by atoms with Gasteiger partial charge in [0, 0.05) is 34.9 Å². The SMILES string of the molecule is CC(=O)c1c(C)[nH]c(C(=O)NC2(C(=O)NCCc3c[nH]c4ccc(F)cc34)CCNCC2)c1C. The Kier molecular flexibility index (Phi) is 6.56. The molecule has 0 atom stereocenters. The standard InChI is InChI=1S/C25H30FN5O3/c1-14-21(16(3)32)15(2)30-22(14)23(33)31-25(7-10-27-11-8-25)24(34)28-9-6-17-13-29-20-5-4-18(26)12-19(17)20/h4-5,12-13,27,29-30H,6-11H2,1-3H3,(H,28,34)(H,31,33). The second-order valence-electron chi connectivity index (χ2n) is 8.98. The number of aromatic nitrogens is 2. The number of Topliss-reactive ketones (excluding diaryl/α,β-unsaturated/α-hetero) is 1. The molecule has 0 aliphatic carbocycles. The van der Waals surface area contributed by atoms with Crippen molar-refractivity contribution in [2.45, 2.75) is 45.6 Å². The molecule has 3 aromatic rings. The predicted molar refractivity (Wildman–Crippen MR) is 128 cm³/mol. The number of ketones is 1. The summed E-state index contributed by atoms with van der Waals surface area (Å²) < 4.78 is 13.6. The molecule has 9 heteroatoms. The van der Waals surface area contributed by atoms with Crippen LogP contribution in [0, 0.1) is 19.7 Å². The van der Waals surface area contributed by atoms with E-state index in [-0.39, 0.29) is 17.5 Å². The topological polar surface area (TPSA) is 119 Å². The maximum absolute atomic E-state index is 13.6. The number of aryl methyl sites for hydroxylation is 1. The molecule has 1 fully saturated rings. The van der Waals surface area contributed by atoms with E-state index >= 15 is 0 Å². The van der Waals surface area contributed by atoms with Crippen LogP contribution in [0.2, 0.25) is 0 Å². The van der Waals surface area contributed by atoms with E-state index in [1.807, 2.05) is 6.20 Å². The summed E-state index contributed by atoms with van der Waals surface area (Å²) in [5.74, 6) is -1.08. The van der Waals surface area contributed by atoms with Crippen molar-refractivity contribution < 1.29 is 18.8 Å². The van der Waals surface area contributed by atoms with Gasteiger partial charge in [0.05, 0.1) is 0 Å². The highest BCUT2D eigenvalue weighted by Gasteiger charge is 2.41. The summed E-state index contributed by atoms with van der Waals surface area (Å²) in [4.78, 5) is 44.6. The van der Waals surface area contributed by atoms with Gasteiger partial charge in [0.25, 0.3) is 5.91 Å². The minimum Gasteiger partial charge on any atom is -0.361 e. The van der Waals surface area contributed by atoms with E-state index in [0.717, 1.165) is 16.5 Å². The Bertz CT molecular complexity index is 1250. The van der Waals surface area contributed by atoms with E-state index in [1.165, 1.54) is 19.1 Å². The normalized spacial score (nSPS) is 15.3. The summed E-state index contributed by atoms with van der Waals surface area (Å²) in [6.07, 6.45) is 3.23. The van der Waals surface area contributed by atoms with Gasteiger partial charge in [-0.25, -0.2) is 4.39 Å². The zero-order chi connectivity index (χ0) is 24.5. The van der Waals surface area contributed by atoms with Gasteiger partial charge in [0.1, 0.15) is 17.1 Å². The van der Waals surface area contributed by atoms with Gasteiger partial charge in [-0.05, 0) is 82.4 Å². The Hall–Kier alpha value is -3.46. The fourth-order valence-electron chi connectivity index (χ4n) is 4.88. The molecule has 34 heavy (non-hydrogen) atoms. The Morgan fingerprint density at radius 1 is 1.15 bits per heavy atom. The number of benzene rings is 1. The van der Waals surface area contributed by atoms with Crippen LogP contribution in [0.4, 0.5) is 4.39 Å². The van der Waals surface area contributed by atoms with Gasteiger partial charge < -0.3 is 25.9 Å². The monoisotopic (exact) mass is 467 g/mol. The summed E-state index contributed by atoms with van der Waals surface area (Å²) in [6, 6.07) is 4.57. The lowest BCUT2D eigenvalue weighted by Crippen LogP contribution is -2.63. The maximum atomic E-state index is 13.6. The van der Waals surface area contributed by atoms with Gasteiger partial charge in [0.15, 0.2) is 5.78 Å². The summed E-state index contributed by atoms with van der Waals surface area (Å²) in [5.41, 5.74) is 2.71. The first kappa shape index (κ1) is 23.7. The third-order valence-corrected chi connectivity index (χ3v) is 6.67. The molecule has 180 valence electrons. The summed E-state index contributed by atoms with van der Waals surface area (Å²) >= 11 is 0. The van der Waals surface area contributed by atoms with Crippen molar-refractivity contribution in [1.82, 2.24) is 25.9 Å². The zero-order valence-electron chi connectivity index (χ0n) is 19.7. The summed E-state index contributed by atoms with van der Waals surface area (Å²) in [5, 5.41) is 9.94. The van der Waals surface area contributed by atoms with Crippen LogP contribution in [-0.2, 0) is 11.2 Å². The largest absolute Gasteiger partial charge is 0.361 e. The molecule has 0 radical (unpaired) electrons. The number of aromatic amines is 2. The van der Waals surface area contributed by atoms with E-state index in [4.69, 9.17) is 0 Å². The third-order valence-electron chi connectivity index (χ3n) is 6.67. The minimum absolute atomic E-state index is 0.114. The number of nitrogens with one attached hydrogen (secondary N) is 5.